The molecule has 0 aliphatic rings. The van der Waals surface area contributed by atoms with Gasteiger partial charge in [-0.1, -0.05) is 6.92 Å². The average molecular weight is 219 g/mol. The van der Waals surface area contributed by atoms with Crippen molar-refractivity contribution in [2.45, 2.75) is 32.6 Å². The third kappa shape index (κ3) is 1.69. The maximum Gasteiger partial charge on any atom is 0.204 e. The zero-order valence-electron chi connectivity index (χ0n) is 9.95. The first kappa shape index (κ1) is 11.1. The second-order valence-corrected chi connectivity index (χ2v) is 4.41. The second-order valence-electron chi connectivity index (χ2n) is 4.41. The highest BCUT2D eigenvalue weighted by atomic mass is 16.3. The molecule has 0 aliphatic carbocycles. The van der Waals surface area contributed by atoms with E-state index in [1.165, 1.54) is 0 Å². The lowest BCUT2D eigenvalue weighted by Gasteiger charge is -2.21. The van der Waals surface area contributed by atoms with Gasteiger partial charge in [0.1, 0.15) is 0 Å². The summed E-state index contributed by atoms with van der Waals surface area (Å²) in [7, 11) is 0. The molecule has 0 amide bonds. The first-order valence-electron chi connectivity index (χ1n) is 5.54. The molecular weight excluding hydrogens is 202 g/mol. The lowest BCUT2D eigenvalue weighted by molar-refractivity contribution is 0.354. The minimum atomic E-state index is -0.200. The van der Waals surface area contributed by atoms with Crippen LogP contribution in [0, 0.1) is 6.92 Å². The number of rotatable bonds is 3. The minimum Gasteiger partial charge on any atom is -0.438 e. The van der Waals surface area contributed by atoms with E-state index in [4.69, 9.17) is 10.2 Å². The number of fused-ring (bicyclic) bond motifs is 1. The Morgan fingerprint density at radius 2 is 2.12 bits per heavy atom. The highest BCUT2D eigenvalue weighted by Gasteiger charge is 2.29. The molecule has 0 radical (unpaired) electrons. The lowest BCUT2D eigenvalue weighted by Crippen LogP contribution is -2.31. The van der Waals surface area contributed by atoms with Gasteiger partial charge in [0.05, 0.1) is 5.41 Å². The molecule has 86 valence electrons. The van der Waals surface area contributed by atoms with Gasteiger partial charge in [0.25, 0.3) is 0 Å². The molecule has 0 fully saturated rings. The molecule has 4 nitrogen and oxygen atoms in total. The predicted molar refractivity (Wildman–Crippen MR) is 63.2 cm³/mol. The van der Waals surface area contributed by atoms with Crippen LogP contribution in [-0.4, -0.2) is 16.5 Å². The van der Waals surface area contributed by atoms with Crippen LogP contribution in [-0.2, 0) is 5.41 Å². The summed E-state index contributed by atoms with van der Waals surface area (Å²) in [5.41, 5.74) is 7.92. The van der Waals surface area contributed by atoms with Gasteiger partial charge in [0, 0.05) is 12.2 Å². The fourth-order valence-corrected chi connectivity index (χ4v) is 1.55. The third-order valence-corrected chi connectivity index (χ3v) is 3.14. The molecule has 1 atom stereocenters. The largest absolute Gasteiger partial charge is 0.438 e. The first-order chi connectivity index (χ1) is 7.59. The fourth-order valence-electron chi connectivity index (χ4n) is 1.55. The maximum atomic E-state index is 5.78. The van der Waals surface area contributed by atoms with Gasteiger partial charge >= 0.3 is 0 Å². The van der Waals surface area contributed by atoms with Crippen LogP contribution in [0.2, 0.25) is 0 Å². The molecule has 2 N–H and O–H groups in total. The Morgan fingerprint density at radius 3 is 2.75 bits per heavy atom. The highest BCUT2D eigenvalue weighted by molar-refractivity contribution is 5.67. The van der Waals surface area contributed by atoms with Gasteiger partial charge in [-0.15, -0.1) is 0 Å². The van der Waals surface area contributed by atoms with E-state index >= 15 is 0 Å². The van der Waals surface area contributed by atoms with E-state index in [-0.39, 0.29) is 5.41 Å². The van der Waals surface area contributed by atoms with Gasteiger partial charge in [-0.2, -0.15) is 4.98 Å². The molecule has 0 aliphatic heterocycles. The van der Waals surface area contributed by atoms with Crippen molar-refractivity contribution in [1.82, 2.24) is 9.97 Å². The standard InChI is InChI=1S/C12H17N3O/c1-4-12(3,7-13)11-15-10-9(16-11)6-5-8(2)14-10/h5-6H,4,7,13H2,1-3H3. The van der Waals surface area contributed by atoms with Crippen molar-refractivity contribution in [2.24, 2.45) is 5.73 Å². The number of nitrogens with zero attached hydrogens (tertiary/aromatic N) is 2. The Kier molecular flexibility index (Phi) is 2.68. The number of hydrogen-bond donors (Lipinski definition) is 1. The molecule has 2 aromatic heterocycles. The molecule has 0 aromatic carbocycles. The Hall–Kier alpha value is -1.42. The summed E-state index contributed by atoms with van der Waals surface area (Å²) in [6, 6.07) is 3.82. The number of aromatic nitrogens is 2. The van der Waals surface area contributed by atoms with Crippen LogP contribution in [0.3, 0.4) is 0 Å². The van der Waals surface area contributed by atoms with E-state index < -0.39 is 0 Å². The van der Waals surface area contributed by atoms with Gasteiger partial charge in [-0.3, -0.25) is 0 Å². The van der Waals surface area contributed by atoms with Crippen LogP contribution in [0.1, 0.15) is 31.9 Å². The Bertz CT molecular complexity index is 500. The number of nitrogens with two attached hydrogens (primary N) is 1. The topological polar surface area (TPSA) is 64.9 Å². The second kappa shape index (κ2) is 3.87. The summed E-state index contributed by atoms with van der Waals surface area (Å²) >= 11 is 0. The van der Waals surface area contributed by atoms with Crippen LogP contribution in [0.5, 0.6) is 0 Å². The Morgan fingerprint density at radius 1 is 1.38 bits per heavy atom. The Labute approximate surface area is 94.9 Å². The molecule has 1 unspecified atom stereocenters. The molecule has 0 saturated heterocycles. The molecule has 0 bridgehead atoms. The van der Waals surface area contributed by atoms with Crippen molar-refractivity contribution in [3.05, 3.63) is 23.7 Å². The molecule has 0 saturated carbocycles. The quantitative estimate of drug-likeness (QED) is 0.859. The van der Waals surface area contributed by atoms with Crippen molar-refractivity contribution in [3.8, 4) is 0 Å². The summed E-state index contributed by atoms with van der Waals surface area (Å²) in [4.78, 5) is 8.76. The van der Waals surface area contributed by atoms with Crippen LogP contribution < -0.4 is 5.73 Å². The molecule has 2 heterocycles. The molecule has 2 rings (SSSR count). The van der Waals surface area contributed by atoms with E-state index in [0.717, 1.165) is 17.7 Å². The Balaban J connectivity index is 2.54. The monoisotopic (exact) mass is 219 g/mol. The van der Waals surface area contributed by atoms with Crippen LogP contribution in [0.4, 0.5) is 0 Å². The van der Waals surface area contributed by atoms with Gasteiger partial charge in [-0.05, 0) is 32.4 Å². The fraction of sp³-hybridized carbons (Fsp3) is 0.500. The number of oxazole rings is 1. The first-order valence-corrected chi connectivity index (χ1v) is 5.54. The zero-order chi connectivity index (χ0) is 11.8. The number of pyridine rings is 1. The van der Waals surface area contributed by atoms with E-state index in [1.54, 1.807) is 0 Å². The maximum absolute atomic E-state index is 5.78. The van der Waals surface area contributed by atoms with Crippen LogP contribution in [0.25, 0.3) is 11.2 Å². The van der Waals surface area contributed by atoms with Crippen molar-refractivity contribution >= 4 is 11.2 Å². The number of aryl methyl sites for hydroxylation is 1. The minimum absolute atomic E-state index is 0.200. The summed E-state index contributed by atoms with van der Waals surface area (Å²) < 4.78 is 5.72. The molecule has 16 heavy (non-hydrogen) atoms. The molecule has 2 aromatic rings. The zero-order valence-corrected chi connectivity index (χ0v) is 9.95. The average Bonchev–Trinajstić information content (AvgIpc) is 2.71. The molecule has 0 spiro atoms. The van der Waals surface area contributed by atoms with Crippen molar-refractivity contribution in [1.29, 1.82) is 0 Å². The van der Waals surface area contributed by atoms with Gasteiger partial charge in [0.2, 0.25) is 5.89 Å². The predicted octanol–water partition coefficient (Wildman–Crippen LogP) is 2.16. The smallest absolute Gasteiger partial charge is 0.204 e. The lowest BCUT2D eigenvalue weighted by atomic mass is 9.88. The summed E-state index contributed by atoms with van der Waals surface area (Å²) in [5.74, 6) is 0.686. The van der Waals surface area contributed by atoms with Crippen LogP contribution >= 0.6 is 0 Å². The number of hydrogen-bond acceptors (Lipinski definition) is 4. The van der Waals surface area contributed by atoms with Gasteiger partial charge in [-0.25, -0.2) is 4.98 Å². The van der Waals surface area contributed by atoms with Crippen molar-refractivity contribution in [3.63, 3.8) is 0 Å². The van der Waals surface area contributed by atoms with E-state index in [0.29, 0.717) is 18.1 Å². The van der Waals surface area contributed by atoms with Gasteiger partial charge < -0.3 is 10.2 Å². The van der Waals surface area contributed by atoms with E-state index in [1.807, 2.05) is 19.1 Å². The highest BCUT2D eigenvalue weighted by Crippen LogP contribution is 2.28. The van der Waals surface area contributed by atoms with E-state index in [9.17, 15) is 0 Å². The summed E-state index contributed by atoms with van der Waals surface area (Å²) in [5, 5.41) is 0. The van der Waals surface area contributed by atoms with Crippen molar-refractivity contribution in [2.75, 3.05) is 6.54 Å². The van der Waals surface area contributed by atoms with Crippen molar-refractivity contribution < 1.29 is 4.42 Å². The third-order valence-electron chi connectivity index (χ3n) is 3.14. The van der Waals surface area contributed by atoms with Crippen LogP contribution in [0.15, 0.2) is 16.5 Å². The summed E-state index contributed by atoms with van der Waals surface area (Å²) in [6.07, 6.45) is 0.898. The van der Waals surface area contributed by atoms with Gasteiger partial charge in [0.15, 0.2) is 11.2 Å². The molecule has 4 heteroatoms. The normalized spacial score (nSPS) is 15.2. The summed E-state index contributed by atoms with van der Waals surface area (Å²) in [6.45, 7) is 6.61. The molecular formula is C12H17N3O. The van der Waals surface area contributed by atoms with E-state index in [2.05, 4.69) is 23.8 Å². The SMILES string of the molecule is CCC(C)(CN)c1nc2nc(C)ccc2o1.